The van der Waals surface area contributed by atoms with E-state index in [2.05, 4.69) is 10.6 Å². The van der Waals surface area contributed by atoms with E-state index >= 15 is 0 Å². The van der Waals surface area contributed by atoms with Crippen LogP contribution in [0.15, 0.2) is 0 Å². The highest BCUT2D eigenvalue weighted by atomic mass is 16.2. The predicted molar refractivity (Wildman–Crippen MR) is 62.7 cm³/mol. The van der Waals surface area contributed by atoms with Crippen LogP contribution in [-0.4, -0.2) is 36.9 Å². The third-order valence-electron chi connectivity index (χ3n) is 2.08. The molecule has 17 heavy (non-hydrogen) atoms. The molecule has 7 heteroatoms. The molecule has 0 rings (SSSR count). The van der Waals surface area contributed by atoms with Crippen LogP contribution in [0.5, 0.6) is 0 Å². The molecule has 0 aromatic rings. The van der Waals surface area contributed by atoms with E-state index in [9.17, 15) is 14.4 Å². The Morgan fingerprint density at radius 2 is 1.88 bits per heavy atom. The maximum Gasteiger partial charge on any atom is 0.243 e. The number of primary amides is 1. The average Bonchev–Trinajstić information content (AvgIpc) is 2.24. The van der Waals surface area contributed by atoms with Crippen molar-refractivity contribution < 1.29 is 14.4 Å². The van der Waals surface area contributed by atoms with Gasteiger partial charge in [0, 0.05) is 6.92 Å². The molecule has 1 atom stereocenters. The molecule has 98 valence electrons. The van der Waals surface area contributed by atoms with Gasteiger partial charge in [-0.2, -0.15) is 0 Å². The smallest absolute Gasteiger partial charge is 0.243 e. The van der Waals surface area contributed by atoms with Crippen molar-refractivity contribution in [1.29, 1.82) is 0 Å². The summed E-state index contributed by atoms with van der Waals surface area (Å²) in [4.78, 5) is 33.0. The lowest BCUT2D eigenvalue weighted by Gasteiger charge is -2.16. The van der Waals surface area contributed by atoms with E-state index in [0.717, 1.165) is 12.8 Å². The van der Waals surface area contributed by atoms with Crippen molar-refractivity contribution in [3.63, 3.8) is 0 Å². The van der Waals surface area contributed by atoms with Gasteiger partial charge in [0.05, 0.1) is 6.54 Å². The van der Waals surface area contributed by atoms with Crippen LogP contribution in [0.1, 0.15) is 26.2 Å². The van der Waals surface area contributed by atoms with E-state index in [0.29, 0.717) is 13.0 Å². The van der Waals surface area contributed by atoms with Gasteiger partial charge in [-0.1, -0.05) is 0 Å². The minimum absolute atomic E-state index is 0.230. The molecule has 0 aliphatic carbocycles. The molecule has 0 aliphatic rings. The van der Waals surface area contributed by atoms with Gasteiger partial charge in [0.2, 0.25) is 17.7 Å². The van der Waals surface area contributed by atoms with Crippen LogP contribution in [0.2, 0.25) is 0 Å². The van der Waals surface area contributed by atoms with E-state index in [1.54, 1.807) is 0 Å². The number of amides is 3. The summed E-state index contributed by atoms with van der Waals surface area (Å²) < 4.78 is 0. The molecule has 0 aromatic carbocycles. The summed E-state index contributed by atoms with van der Waals surface area (Å²) in [6.07, 6.45) is 1.99. The van der Waals surface area contributed by atoms with Gasteiger partial charge in [0.15, 0.2) is 0 Å². The minimum Gasteiger partial charge on any atom is -0.368 e. The number of nitrogens with one attached hydrogen (secondary N) is 2. The third kappa shape index (κ3) is 8.21. The largest absolute Gasteiger partial charge is 0.368 e. The van der Waals surface area contributed by atoms with Crippen molar-refractivity contribution in [2.45, 2.75) is 32.2 Å². The SMILES string of the molecule is CC(=O)N[C@@H](CCCCN)C(=O)NCC(N)=O. The van der Waals surface area contributed by atoms with Crippen LogP contribution in [-0.2, 0) is 14.4 Å². The van der Waals surface area contributed by atoms with E-state index in [1.807, 2.05) is 0 Å². The Morgan fingerprint density at radius 3 is 2.35 bits per heavy atom. The molecular formula is C10H20N4O3. The molecule has 0 bridgehead atoms. The fraction of sp³-hybridized carbons (Fsp3) is 0.700. The van der Waals surface area contributed by atoms with Gasteiger partial charge < -0.3 is 22.1 Å². The first-order chi connectivity index (χ1) is 7.97. The average molecular weight is 244 g/mol. The Kier molecular flexibility index (Phi) is 7.70. The molecule has 0 aromatic heterocycles. The van der Waals surface area contributed by atoms with Crippen molar-refractivity contribution in [2.75, 3.05) is 13.1 Å². The Morgan fingerprint density at radius 1 is 1.24 bits per heavy atom. The Hall–Kier alpha value is -1.63. The summed E-state index contributed by atoms with van der Waals surface area (Å²) in [7, 11) is 0. The molecule has 7 nitrogen and oxygen atoms in total. The number of hydrogen-bond donors (Lipinski definition) is 4. The number of rotatable bonds is 8. The molecule has 0 spiro atoms. The number of carbonyl (C=O) groups is 3. The van der Waals surface area contributed by atoms with Crippen LogP contribution in [0, 0.1) is 0 Å². The Labute approximate surface area is 100 Å². The lowest BCUT2D eigenvalue weighted by atomic mass is 10.1. The topological polar surface area (TPSA) is 127 Å². The first-order valence-electron chi connectivity index (χ1n) is 5.50. The molecule has 0 radical (unpaired) electrons. The van der Waals surface area contributed by atoms with Crippen molar-refractivity contribution in [1.82, 2.24) is 10.6 Å². The third-order valence-corrected chi connectivity index (χ3v) is 2.08. The first-order valence-corrected chi connectivity index (χ1v) is 5.50. The summed E-state index contributed by atoms with van der Waals surface area (Å²) in [5.41, 5.74) is 10.2. The van der Waals surface area contributed by atoms with Crippen LogP contribution < -0.4 is 22.1 Å². The standard InChI is InChI=1S/C10H20N4O3/c1-7(15)14-8(4-2-3-5-11)10(17)13-6-9(12)16/h8H,2-6,11H2,1H3,(H2,12,16)(H,13,17)(H,14,15)/t8-/m0/s1. The van der Waals surface area contributed by atoms with Gasteiger partial charge in [0.25, 0.3) is 0 Å². The van der Waals surface area contributed by atoms with Gasteiger partial charge in [-0.05, 0) is 25.8 Å². The van der Waals surface area contributed by atoms with Crippen LogP contribution in [0.25, 0.3) is 0 Å². The van der Waals surface area contributed by atoms with Crippen molar-refractivity contribution >= 4 is 17.7 Å². The first kappa shape index (κ1) is 15.4. The summed E-state index contributed by atoms with van der Waals surface area (Å²) in [6.45, 7) is 1.64. The van der Waals surface area contributed by atoms with Gasteiger partial charge >= 0.3 is 0 Å². The van der Waals surface area contributed by atoms with Gasteiger partial charge in [-0.15, -0.1) is 0 Å². The quantitative estimate of drug-likeness (QED) is 0.376. The van der Waals surface area contributed by atoms with Crippen molar-refractivity contribution in [2.24, 2.45) is 11.5 Å². The monoisotopic (exact) mass is 244 g/mol. The zero-order valence-electron chi connectivity index (χ0n) is 9.99. The molecule has 0 fully saturated rings. The number of carbonyl (C=O) groups excluding carboxylic acids is 3. The second-order valence-electron chi connectivity index (χ2n) is 3.72. The van der Waals surface area contributed by atoms with E-state index in [4.69, 9.17) is 11.5 Å². The van der Waals surface area contributed by atoms with Crippen molar-refractivity contribution in [3.05, 3.63) is 0 Å². The van der Waals surface area contributed by atoms with Gasteiger partial charge in [-0.25, -0.2) is 0 Å². The molecule has 0 aliphatic heterocycles. The predicted octanol–water partition coefficient (Wildman–Crippen LogP) is -1.78. The Bertz CT molecular complexity index is 281. The molecule has 3 amide bonds. The molecule has 0 unspecified atom stereocenters. The zero-order valence-corrected chi connectivity index (χ0v) is 9.99. The van der Waals surface area contributed by atoms with Crippen molar-refractivity contribution in [3.8, 4) is 0 Å². The summed E-state index contributed by atoms with van der Waals surface area (Å²) >= 11 is 0. The van der Waals surface area contributed by atoms with Crippen LogP contribution >= 0.6 is 0 Å². The maximum atomic E-state index is 11.6. The molecule has 0 saturated heterocycles. The van der Waals surface area contributed by atoms with E-state index in [-0.39, 0.29) is 12.5 Å². The van der Waals surface area contributed by atoms with E-state index in [1.165, 1.54) is 6.92 Å². The normalized spacial score (nSPS) is 11.6. The fourth-order valence-electron chi connectivity index (χ4n) is 1.30. The highest BCUT2D eigenvalue weighted by molar-refractivity contribution is 5.89. The molecule has 0 heterocycles. The summed E-state index contributed by atoms with van der Waals surface area (Å²) in [6, 6.07) is -0.640. The molecular weight excluding hydrogens is 224 g/mol. The Balaban J connectivity index is 4.18. The second-order valence-corrected chi connectivity index (χ2v) is 3.72. The van der Waals surface area contributed by atoms with Crippen LogP contribution in [0.4, 0.5) is 0 Å². The molecule has 0 saturated carbocycles. The summed E-state index contributed by atoms with van der Waals surface area (Å²) in [5, 5.41) is 4.87. The van der Waals surface area contributed by atoms with Gasteiger partial charge in [-0.3, -0.25) is 14.4 Å². The summed E-state index contributed by atoms with van der Waals surface area (Å²) in [5.74, 6) is -1.32. The number of unbranched alkanes of at least 4 members (excludes halogenated alkanes) is 1. The maximum absolute atomic E-state index is 11.6. The number of nitrogens with two attached hydrogens (primary N) is 2. The zero-order chi connectivity index (χ0) is 13.3. The highest BCUT2D eigenvalue weighted by Gasteiger charge is 2.18. The lowest BCUT2D eigenvalue weighted by molar-refractivity contribution is -0.129. The highest BCUT2D eigenvalue weighted by Crippen LogP contribution is 2.00. The van der Waals surface area contributed by atoms with E-state index < -0.39 is 17.9 Å². The fourth-order valence-corrected chi connectivity index (χ4v) is 1.30. The lowest BCUT2D eigenvalue weighted by Crippen LogP contribution is -2.48. The minimum atomic E-state index is -0.640. The molecule has 6 N–H and O–H groups in total. The van der Waals surface area contributed by atoms with Gasteiger partial charge in [0.1, 0.15) is 6.04 Å². The number of hydrogen-bond acceptors (Lipinski definition) is 4. The second kappa shape index (κ2) is 8.51. The van der Waals surface area contributed by atoms with Crippen LogP contribution in [0.3, 0.4) is 0 Å².